The van der Waals surface area contributed by atoms with E-state index in [4.69, 9.17) is 4.42 Å². The van der Waals surface area contributed by atoms with Crippen molar-refractivity contribution in [1.82, 2.24) is 0 Å². The third kappa shape index (κ3) is 2.56. The molecular weight excluding hydrogens is 344 g/mol. The average Bonchev–Trinajstić information content (AvgIpc) is 3.33. The highest BCUT2D eigenvalue weighted by atomic mass is 32.1. The summed E-state index contributed by atoms with van der Waals surface area (Å²) in [6, 6.07) is 16.0. The van der Waals surface area contributed by atoms with E-state index in [2.05, 4.69) is 28.1 Å². The fourth-order valence-corrected chi connectivity index (χ4v) is 4.67. The molecule has 3 heterocycles. The van der Waals surface area contributed by atoms with Gasteiger partial charge in [0.05, 0.1) is 23.7 Å². The van der Waals surface area contributed by atoms with Crippen molar-refractivity contribution in [2.75, 3.05) is 10.6 Å². The first-order valence-corrected chi connectivity index (χ1v) is 9.63. The number of Topliss-reactive ketones (excluding diaryl/α,β-unsaturated/α-hetero) is 1. The van der Waals surface area contributed by atoms with E-state index in [9.17, 15) is 4.79 Å². The number of fused-ring (bicyclic) bond motifs is 1. The van der Waals surface area contributed by atoms with E-state index >= 15 is 0 Å². The van der Waals surface area contributed by atoms with Crippen LogP contribution >= 0.6 is 11.3 Å². The summed E-state index contributed by atoms with van der Waals surface area (Å²) in [5, 5.41) is 9.18. The summed E-state index contributed by atoms with van der Waals surface area (Å²) in [6.45, 7) is 0. The number of rotatable bonds is 2. The van der Waals surface area contributed by atoms with Crippen molar-refractivity contribution in [3.05, 3.63) is 82.1 Å². The largest absolute Gasteiger partial charge is 0.469 e. The van der Waals surface area contributed by atoms with Gasteiger partial charge in [-0.05, 0) is 42.1 Å². The molecule has 26 heavy (non-hydrogen) atoms. The zero-order chi connectivity index (χ0) is 17.5. The second-order valence-corrected chi connectivity index (χ2v) is 7.68. The third-order valence-electron chi connectivity index (χ3n) is 5.08. The van der Waals surface area contributed by atoms with Crippen molar-refractivity contribution in [1.29, 1.82) is 0 Å². The van der Waals surface area contributed by atoms with Crippen LogP contribution in [0.1, 0.15) is 35.4 Å². The highest BCUT2D eigenvalue weighted by Crippen LogP contribution is 2.44. The Morgan fingerprint density at radius 3 is 2.65 bits per heavy atom. The van der Waals surface area contributed by atoms with Crippen molar-refractivity contribution in [3.63, 3.8) is 0 Å². The quantitative estimate of drug-likeness (QED) is 0.648. The van der Waals surface area contributed by atoms with Gasteiger partial charge in [0.1, 0.15) is 5.76 Å². The molecule has 2 atom stereocenters. The molecule has 0 saturated carbocycles. The van der Waals surface area contributed by atoms with Crippen LogP contribution in [0, 0.1) is 0 Å². The number of carbonyl (C=O) groups excluding carboxylic acids is 1. The fraction of sp³-hybridized carbons (Fsp3) is 0.190. The van der Waals surface area contributed by atoms with E-state index in [1.165, 1.54) is 0 Å². The number of para-hydroxylation sites is 2. The molecule has 2 aliphatic rings. The van der Waals surface area contributed by atoms with Crippen LogP contribution in [-0.4, -0.2) is 5.78 Å². The van der Waals surface area contributed by atoms with Crippen molar-refractivity contribution in [2.24, 2.45) is 0 Å². The molecule has 0 spiro atoms. The first-order chi connectivity index (χ1) is 12.8. The van der Waals surface area contributed by atoms with Gasteiger partial charge in [0.25, 0.3) is 0 Å². The molecule has 5 rings (SSSR count). The van der Waals surface area contributed by atoms with Gasteiger partial charge in [-0.1, -0.05) is 18.2 Å². The predicted octanol–water partition coefficient (Wildman–Crippen LogP) is 5.32. The summed E-state index contributed by atoms with van der Waals surface area (Å²) in [5.41, 5.74) is 3.87. The van der Waals surface area contributed by atoms with Crippen molar-refractivity contribution < 1.29 is 9.21 Å². The van der Waals surface area contributed by atoms with Gasteiger partial charge in [-0.2, -0.15) is 0 Å². The Morgan fingerprint density at radius 1 is 1.00 bits per heavy atom. The number of benzene rings is 1. The van der Waals surface area contributed by atoms with Crippen LogP contribution in [0.15, 0.2) is 75.9 Å². The minimum absolute atomic E-state index is 0.0815. The van der Waals surface area contributed by atoms with Gasteiger partial charge in [-0.15, -0.1) is 11.3 Å². The van der Waals surface area contributed by atoms with Gasteiger partial charge >= 0.3 is 0 Å². The number of allylic oxidation sites excluding steroid dienone is 1. The Balaban J connectivity index is 1.62. The number of furan rings is 1. The summed E-state index contributed by atoms with van der Waals surface area (Å²) in [4.78, 5) is 14.3. The van der Waals surface area contributed by atoms with Crippen molar-refractivity contribution >= 4 is 28.5 Å². The van der Waals surface area contributed by atoms with Gasteiger partial charge in [0.2, 0.25) is 0 Å². The lowest BCUT2D eigenvalue weighted by Crippen LogP contribution is -2.26. The Kier molecular flexibility index (Phi) is 3.68. The van der Waals surface area contributed by atoms with E-state index in [1.807, 2.05) is 36.4 Å². The Hall–Kier alpha value is -2.79. The SMILES string of the molecule is O=C1C[C@@H](c2ccco2)CC2=C1[C@H](c1cccs1)Nc1ccccc1N2. The maximum atomic E-state index is 13.2. The van der Waals surface area contributed by atoms with Crippen LogP contribution in [-0.2, 0) is 4.79 Å². The van der Waals surface area contributed by atoms with E-state index in [1.54, 1.807) is 17.6 Å². The second-order valence-electron chi connectivity index (χ2n) is 6.70. The van der Waals surface area contributed by atoms with Crippen LogP contribution in [0.5, 0.6) is 0 Å². The van der Waals surface area contributed by atoms with Crippen molar-refractivity contribution in [3.8, 4) is 0 Å². The first-order valence-electron chi connectivity index (χ1n) is 8.75. The smallest absolute Gasteiger partial charge is 0.163 e. The van der Waals surface area contributed by atoms with Crippen LogP contribution in [0.4, 0.5) is 11.4 Å². The molecule has 1 aliphatic carbocycles. The molecule has 2 N–H and O–H groups in total. The minimum atomic E-state index is -0.119. The number of anilines is 2. The standard InChI is InChI=1S/C21H18N2O2S/c24-17-12-13(18-7-3-9-25-18)11-16-20(17)21(19-8-4-10-26-19)23-15-6-2-1-5-14(15)22-16/h1-10,13,21-23H,11-12H2/t13-,21-/m0/s1. The number of ketones is 1. The lowest BCUT2D eigenvalue weighted by molar-refractivity contribution is -0.116. The monoisotopic (exact) mass is 362 g/mol. The topological polar surface area (TPSA) is 54.3 Å². The molecule has 1 aliphatic heterocycles. The molecule has 1 aromatic carbocycles. The van der Waals surface area contributed by atoms with Gasteiger partial charge in [-0.3, -0.25) is 4.79 Å². The Bertz CT molecular complexity index is 973. The highest BCUT2D eigenvalue weighted by molar-refractivity contribution is 7.10. The summed E-state index contributed by atoms with van der Waals surface area (Å²) in [7, 11) is 0. The molecule has 0 bridgehead atoms. The summed E-state index contributed by atoms with van der Waals surface area (Å²) in [6.07, 6.45) is 2.93. The molecule has 4 nitrogen and oxygen atoms in total. The second kappa shape index (κ2) is 6.18. The Morgan fingerprint density at radius 2 is 1.88 bits per heavy atom. The summed E-state index contributed by atoms with van der Waals surface area (Å²) in [5.74, 6) is 1.14. The maximum absolute atomic E-state index is 13.2. The molecule has 3 aromatic rings. The normalized spacial score (nSPS) is 22.1. The lowest BCUT2D eigenvalue weighted by atomic mass is 9.81. The predicted molar refractivity (Wildman–Crippen MR) is 103 cm³/mol. The van der Waals surface area contributed by atoms with Crippen LogP contribution in [0.25, 0.3) is 0 Å². The zero-order valence-corrected chi connectivity index (χ0v) is 14.9. The average molecular weight is 362 g/mol. The molecule has 0 fully saturated rings. The number of nitrogens with one attached hydrogen (secondary N) is 2. The van der Waals surface area contributed by atoms with E-state index < -0.39 is 0 Å². The van der Waals surface area contributed by atoms with E-state index in [-0.39, 0.29) is 17.7 Å². The number of thiophene rings is 1. The molecule has 0 radical (unpaired) electrons. The van der Waals surface area contributed by atoms with Crippen LogP contribution in [0.3, 0.4) is 0 Å². The lowest BCUT2D eigenvalue weighted by Gasteiger charge is -2.28. The minimum Gasteiger partial charge on any atom is -0.469 e. The first kappa shape index (κ1) is 15.5. The number of hydrogen-bond donors (Lipinski definition) is 2. The van der Waals surface area contributed by atoms with Gasteiger partial charge < -0.3 is 15.1 Å². The third-order valence-corrected chi connectivity index (χ3v) is 6.02. The van der Waals surface area contributed by atoms with Gasteiger partial charge in [0, 0.05) is 28.5 Å². The number of hydrogen-bond acceptors (Lipinski definition) is 5. The fourth-order valence-electron chi connectivity index (χ4n) is 3.89. The molecule has 0 unspecified atom stereocenters. The summed E-state index contributed by atoms with van der Waals surface area (Å²) >= 11 is 1.67. The maximum Gasteiger partial charge on any atom is 0.163 e. The Labute approximate surface area is 155 Å². The van der Waals surface area contributed by atoms with E-state index in [0.29, 0.717) is 6.42 Å². The van der Waals surface area contributed by atoms with Crippen molar-refractivity contribution in [2.45, 2.75) is 24.8 Å². The zero-order valence-electron chi connectivity index (χ0n) is 14.1. The molecule has 130 valence electrons. The molecular formula is C21H18N2O2S. The van der Waals surface area contributed by atoms with Gasteiger partial charge in [-0.25, -0.2) is 0 Å². The molecule has 0 amide bonds. The molecule has 5 heteroatoms. The van der Waals surface area contributed by atoms with Crippen LogP contribution in [0.2, 0.25) is 0 Å². The molecule has 0 saturated heterocycles. The van der Waals surface area contributed by atoms with Gasteiger partial charge in [0.15, 0.2) is 5.78 Å². The van der Waals surface area contributed by atoms with E-state index in [0.717, 1.165) is 39.7 Å². The van der Waals surface area contributed by atoms with Crippen LogP contribution < -0.4 is 10.6 Å². The summed E-state index contributed by atoms with van der Waals surface area (Å²) < 4.78 is 5.58. The molecule has 2 aromatic heterocycles. The number of carbonyl (C=O) groups is 1. The highest BCUT2D eigenvalue weighted by Gasteiger charge is 2.37.